The number of anilines is 2. The van der Waals surface area contributed by atoms with Crippen molar-refractivity contribution in [1.82, 2.24) is 0 Å². The molecule has 2 rings (SSSR count). The highest BCUT2D eigenvalue weighted by Gasteiger charge is 2.09. The molecule has 2 aromatic carbocycles. The minimum Gasteiger partial charge on any atom is -0.342 e. The van der Waals surface area contributed by atoms with E-state index in [1.165, 1.54) is 0 Å². The largest absolute Gasteiger partial charge is 0.342 e. The topological polar surface area (TPSA) is 41.1 Å². The first-order chi connectivity index (χ1) is 9.15. The second kappa shape index (κ2) is 6.31. The molecule has 0 aliphatic carbocycles. The quantitative estimate of drug-likeness (QED) is 0.828. The van der Waals surface area contributed by atoms with Crippen molar-refractivity contribution in [3.63, 3.8) is 0 Å². The van der Waals surface area contributed by atoms with E-state index in [0.717, 1.165) is 5.69 Å². The van der Waals surface area contributed by atoms with E-state index in [0.29, 0.717) is 10.7 Å². The molecule has 3 nitrogen and oxygen atoms in total. The van der Waals surface area contributed by atoms with Crippen LogP contribution in [0.5, 0.6) is 0 Å². The predicted molar refractivity (Wildman–Crippen MR) is 82.7 cm³/mol. The van der Waals surface area contributed by atoms with Crippen LogP contribution in [0.3, 0.4) is 0 Å². The van der Waals surface area contributed by atoms with Crippen LogP contribution >= 0.6 is 23.8 Å². The molecule has 0 heterocycles. The van der Waals surface area contributed by atoms with Gasteiger partial charge < -0.3 is 10.6 Å². The van der Waals surface area contributed by atoms with E-state index in [1.807, 2.05) is 30.3 Å². The maximum Gasteiger partial charge on any atom is 0.283 e. The number of nitrogens with one attached hydrogen (secondary N) is 2. The number of benzene rings is 2. The van der Waals surface area contributed by atoms with E-state index >= 15 is 0 Å². The third kappa shape index (κ3) is 4.05. The molecule has 96 valence electrons. The normalized spacial score (nSPS) is 9.74. The number of halogens is 1. The zero-order valence-electron chi connectivity index (χ0n) is 9.89. The maximum absolute atomic E-state index is 11.9. The number of thiocarbonyl (C=S) groups is 1. The molecule has 2 aromatic rings. The van der Waals surface area contributed by atoms with Crippen molar-refractivity contribution >= 4 is 46.1 Å². The van der Waals surface area contributed by atoms with Crippen LogP contribution in [0.4, 0.5) is 11.4 Å². The summed E-state index contributed by atoms with van der Waals surface area (Å²) in [5.41, 5.74) is 1.42. The molecule has 0 saturated heterocycles. The van der Waals surface area contributed by atoms with Crippen LogP contribution in [0.15, 0.2) is 54.6 Å². The van der Waals surface area contributed by atoms with Gasteiger partial charge in [-0.2, -0.15) is 0 Å². The molecule has 0 radical (unpaired) electrons. The predicted octanol–water partition coefficient (Wildman–Crippen LogP) is 3.72. The molecule has 0 atom stereocenters. The number of para-hydroxylation sites is 1. The fourth-order valence-corrected chi connectivity index (χ4v) is 1.73. The lowest BCUT2D eigenvalue weighted by Gasteiger charge is -2.08. The standard InChI is InChI=1S/C14H11ClN2OS/c15-10-6-8-12(9-7-10)16-13(18)14(19)17-11-4-2-1-3-5-11/h1-9H,(H,16,18)(H,17,19). The lowest BCUT2D eigenvalue weighted by atomic mass is 10.3. The van der Waals surface area contributed by atoms with E-state index in [9.17, 15) is 4.79 Å². The van der Waals surface area contributed by atoms with Gasteiger partial charge in [-0.05, 0) is 36.4 Å². The summed E-state index contributed by atoms with van der Waals surface area (Å²) in [6.45, 7) is 0. The third-order valence-corrected chi connectivity index (χ3v) is 2.88. The molecule has 0 unspecified atom stereocenters. The highest BCUT2D eigenvalue weighted by Crippen LogP contribution is 2.13. The van der Waals surface area contributed by atoms with Crippen LogP contribution in [0.1, 0.15) is 0 Å². The summed E-state index contributed by atoms with van der Waals surface area (Å²) in [5.74, 6) is -0.360. The summed E-state index contributed by atoms with van der Waals surface area (Å²) in [5, 5.41) is 6.17. The van der Waals surface area contributed by atoms with Gasteiger partial charge in [0.15, 0.2) is 4.99 Å². The van der Waals surface area contributed by atoms with Crippen LogP contribution in [0, 0.1) is 0 Å². The van der Waals surface area contributed by atoms with Crippen molar-refractivity contribution in [3.05, 3.63) is 59.6 Å². The van der Waals surface area contributed by atoms with Gasteiger partial charge in [-0.3, -0.25) is 4.79 Å². The van der Waals surface area contributed by atoms with E-state index in [-0.39, 0.29) is 10.9 Å². The fraction of sp³-hybridized carbons (Fsp3) is 0. The van der Waals surface area contributed by atoms with Gasteiger partial charge >= 0.3 is 0 Å². The Morgan fingerprint density at radius 1 is 0.895 bits per heavy atom. The number of amides is 1. The molecule has 0 aliphatic rings. The van der Waals surface area contributed by atoms with Gasteiger partial charge in [-0.25, -0.2) is 0 Å². The monoisotopic (exact) mass is 290 g/mol. The molecule has 0 spiro atoms. The summed E-state index contributed by atoms with van der Waals surface area (Å²) in [4.78, 5) is 12.0. The van der Waals surface area contributed by atoms with Crippen molar-refractivity contribution < 1.29 is 4.79 Å². The zero-order valence-corrected chi connectivity index (χ0v) is 11.5. The van der Waals surface area contributed by atoms with Gasteiger partial charge in [0, 0.05) is 16.4 Å². The number of hydrogen-bond donors (Lipinski definition) is 2. The SMILES string of the molecule is O=C(Nc1ccc(Cl)cc1)C(=S)Nc1ccccc1. The minimum absolute atomic E-state index is 0.112. The molecular weight excluding hydrogens is 280 g/mol. The summed E-state index contributed by atoms with van der Waals surface area (Å²) < 4.78 is 0. The Morgan fingerprint density at radius 2 is 1.47 bits per heavy atom. The first kappa shape index (κ1) is 13.5. The van der Waals surface area contributed by atoms with Crippen molar-refractivity contribution in [1.29, 1.82) is 0 Å². The first-order valence-electron chi connectivity index (χ1n) is 5.58. The van der Waals surface area contributed by atoms with Gasteiger partial charge in [-0.1, -0.05) is 42.0 Å². The van der Waals surface area contributed by atoms with Crippen LogP contribution in [0.2, 0.25) is 5.02 Å². The highest BCUT2D eigenvalue weighted by molar-refractivity contribution is 7.82. The number of hydrogen-bond acceptors (Lipinski definition) is 2. The zero-order chi connectivity index (χ0) is 13.7. The molecule has 0 aliphatic heterocycles. The molecule has 0 fully saturated rings. The molecule has 1 amide bonds. The van der Waals surface area contributed by atoms with E-state index in [4.69, 9.17) is 23.8 Å². The van der Waals surface area contributed by atoms with Gasteiger partial charge in [-0.15, -0.1) is 0 Å². The Morgan fingerprint density at radius 3 is 2.11 bits per heavy atom. The molecule has 19 heavy (non-hydrogen) atoms. The number of carbonyl (C=O) groups excluding carboxylic acids is 1. The van der Waals surface area contributed by atoms with E-state index in [1.54, 1.807) is 24.3 Å². The van der Waals surface area contributed by atoms with Crippen molar-refractivity contribution in [2.45, 2.75) is 0 Å². The Kier molecular flexibility index (Phi) is 4.49. The van der Waals surface area contributed by atoms with Gasteiger partial charge in [0.2, 0.25) is 0 Å². The second-order valence-corrected chi connectivity index (χ2v) is 4.63. The van der Waals surface area contributed by atoms with E-state index in [2.05, 4.69) is 10.6 Å². The number of carbonyl (C=O) groups is 1. The fourth-order valence-electron chi connectivity index (χ4n) is 1.43. The average Bonchev–Trinajstić information content (AvgIpc) is 2.42. The summed E-state index contributed by atoms with van der Waals surface area (Å²) in [7, 11) is 0. The Labute approximate surface area is 121 Å². The van der Waals surface area contributed by atoms with E-state index < -0.39 is 0 Å². The Bertz CT molecular complexity index is 584. The third-order valence-electron chi connectivity index (χ3n) is 2.34. The minimum atomic E-state index is -0.360. The first-order valence-corrected chi connectivity index (χ1v) is 6.37. The maximum atomic E-state index is 11.9. The van der Waals surface area contributed by atoms with Crippen LogP contribution in [0.25, 0.3) is 0 Å². The smallest absolute Gasteiger partial charge is 0.283 e. The van der Waals surface area contributed by atoms with Crippen LogP contribution in [-0.4, -0.2) is 10.9 Å². The average molecular weight is 291 g/mol. The summed E-state index contributed by atoms with van der Waals surface area (Å²) in [6, 6.07) is 16.1. The van der Waals surface area contributed by atoms with Crippen molar-refractivity contribution in [2.24, 2.45) is 0 Å². The molecule has 5 heteroatoms. The summed E-state index contributed by atoms with van der Waals surface area (Å²) in [6.07, 6.45) is 0. The Balaban J connectivity index is 1.96. The van der Waals surface area contributed by atoms with Gasteiger partial charge in [0.25, 0.3) is 5.91 Å². The van der Waals surface area contributed by atoms with Crippen LogP contribution in [-0.2, 0) is 4.79 Å². The van der Waals surface area contributed by atoms with Gasteiger partial charge in [0.05, 0.1) is 0 Å². The molecular formula is C14H11ClN2OS. The number of rotatable bonds is 2. The summed E-state index contributed by atoms with van der Waals surface area (Å²) >= 11 is 10.8. The molecule has 0 aromatic heterocycles. The molecule has 0 saturated carbocycles. The van der Waals surface area contributed by atoms with Gasteiger partial charge in [0.1, 0.15) is 0 Å². The lowest BCUT2D eigenvalue weighted by molar-refractivity contribution is -0.110. The highest BCUT2D eigenvalue weighted by atomic mass is 35.5. The van der Waals surface area contributed by atoms with Crippen molar-refractivity contribution in [3.8, 4) is 0 Å². The van der Waals surface area contributed by atoms with Crippen molar-refractivity contribution in [2.75, 3.05) is 10.6 Å². The molecule has 0 bridgehead atoms. The second-order valence-electron chi connectivity index (χ2n) is 3.78. The lowest BCUT2D eigenvalue weighted by Crippen LogP contribution is -2.27. The Hall–Kier alpha value is -1.91. The molecule has 2 N–H and O–H groups in total. The van der Waals surface area contributed by atoms with Crippen LogP contribution < -0.4 is 10.6 Å².